The lowest BCUT2D eigenvalue weighted by molar-refractivity contribution is -0.113. The second-order valence-corrected chi connectivity index (χ2v) is 10.2. The van der Waals surface area contributed by atoms with Crippen LogP contribution in [0, 0.1) is 13.8 Å². The molecular weight excluding hydrogens is 474 g/mol. The van der Waals surface area contributed by atoms with E-state index in [4.69, 9.17) is 9.15 Å². The van der Waals surface area contributed by atoms with Gasteiger partial charge in [-0.05, 0) is 61.4 Å². The van der Waals surface area contributed by atoms with E-state index < -0.39 is 10.0 Å². The molecule has 10 heteroatoms. The molecule has 0 aliphatic carbocycles. The minimum absolute atomic E-state index is 0.0309. The maximum absolute atomic E-state index is 12.9. The Hall–Kier alpha value is -3.50. The lowest BCUT2D eigenvalue weighted by atomic mass is 10.1. The number of ether oxygens (including phenoxy) is 1. The molecule has 2 N–H and O–H groups in total. The van der Waals surface area contributed by atoms with Crippen LogP contribution in [0.1, 0.15) is 11.1 Å². The van der Waals surface area contributed by atoms with Crippen molar-refractivity contribution >= 4 is 50.2 Å². The zero-order chi connectivity index (χ0) is 24.3. The fourth-order valence-corrected chi connectivity index (χ4v) is 4.96. The molecule has 1 heterocycles. The van der Waals surface area contributed by atoms with Crippen LogP contribution in [0.4, 0.5) is 11.4 Å². The zero-order valence-corrected chi connectivity index (χ0v) is 20.4. The first-order chi connectivity index (χ1) is 16.2. The van der Waals surface area contributed by atoms with Gasteiger partial charge in [-0.2, -0.15) is 0 Å². The quantitative estimate of drug-likeness (QED) is 0.330. The van der Waals surface area contributed by atoms with Crippen molar-refractivity contribution in [2.75, 3.05) is 22.9 Å². The number of methoxy groups -OCH3 is 1. The van der Waals surface area contributed by atoms with Crippen molar-refractivity contribution in [2.45, 2.75) is 24.0 Å². The van der Waals surface area contributed by atoms with Crippen molar-refractivity contribution in [3.8, 4) is 5.75 Å². The molecule has 0 atom stereocenters. The number of aryl methyl sites for hydroxylation is 2. The SMILES string of the molecule is COc1ccccc1NS(=O)(=O)c1ccc2oc(SCC(=O)Nc3cc(C)ccc3C)nc2c1. The number of fused-ring (bicyclic) bond motifs is 1. The van der Waals surface area contributed by atoms with Crippen LogP contribution in [0.3, 0.4) is 0 Å². The Morgan fingerprint density at radius 3 is 2.65 bits per heavy atom. The number of carbonyl (C=O) groups excluding carboxylic acids is 1. The molecule has 0 spiro atoms. The number of hydrogen-bond donors (Lipinski definition) is 2. The van der Waals surface area contributed by atoms with Crippen molar-refractivity contribution < 1.29 is 22.4 Å². The largest absolute Gasteiger partial charge is 0.495 e. The molecule has 0 radical (unpaired) electrons. The van der Waals surface area contributed by atoms with Crippen molar-refractivity contribution in [1.29, 1.82) is 0 Å². The molecule has 4 rings (SSSR count). The molecule has 1 aromatic heterocycles. The third kappa shape index (κ3) is 5.35. The molecule has 0 bridgehead atoms. The lowest BCUT2D eigenvalue weighted by Crippen LogP contribution is -2.14. The van der Waals surface area contributed by atoms with Gasteiger partial charge in [0.05, 0.1) is 23.4 Å². The molecule has 0 aliphatic rings. The fraction of sp³-hybridized carbons (Fsp3) is 0.167. The monoisotopic (exact) mass is 497 g/mol. The second kappa shape index (κ2) is 9.78. The van der Waals surface area contributed by atoms with E-state index in [2.05, 4.69) is 15.0 Å². The highest BCUT2D eigenvalue weighted by atomic mass is 32.2. The Labute approximate surface area is 201 Å². The van der Waals surface area contributed by atoms with Gasteiger partial charge in [0, 0.05) is 5.69 Å². The van der Waals surface area contributed by atoms with Crippen LogP contribution in [0.25, 0.3) is 11.1 Å². The minimum atomic E-state index is -3.88. The summed E-state index contributed by atoms with van der Waals surface area (Å²) in [4.78, 5) is 16.7. The first-order valence-corrected chi connectivity index (χ1v) is 12.8. The Bertz CT molecular complexity index is 1460. The van der Waals surface area contributed by atoms with Crippen molar-refractivity contribution in [1.82, 2.24) is 4.98 Å². The van der Waals surface area contributed by atoms with Crippen LogP contribution in [0.5, 0.6) is 5.75 Å². The topological polar surface area (TPSA) is 111 Å². The Kier molecular flexibility index (Phi) is 6.80. The first kappa shape index (κ1) is 23.7. The van der Waals surface area contributed by atoms with Gasteiger partial charge in [0.25, 0.3) is 15.2 Å². The summed E-state index contributed by atoms with van der Waals surface area (Å²) in [6.07, 6.45) is 0. The van der Waals surface area contributed by atoms with Crippen LogP contribution in [-0.2, 0) is 14.8 Å². The Morgan fingerprint density at radius 2 is 1.85 bits per heavy atom. The van der Waals surface area contributed by atoms with Gasteiger partial charge in [-0.1, -0.05) is 36.0 Å². The number of nitrogens with one attached hydrogen (secondary N) is 2. The summed E-state index contributed by atoms with van der Waals surface area (Å²) >= 11 is 1.13. The molecule has 4 aromatic rings. The van der Waals surface area contributed by atoms with E-state index in [1.807, 2.05) is 32.0 Å². The number of carbonyl (C=O) groups is 1. The molecule has 0 aliphatic heterocycles. The number of rotatable bonds is 8. The maximum Gasteiger partial charge on any atom is 0.262 e. The lowest BCUT2D eigenvalue weighted by Gasteiger charge is -2.11. The van der Waals surface area contributed by atoms with E-state index in [0.717, 1.165) is 28.6 Å². The Morgan fingerprint density at radius 1 is 1.06 bits per heavy atom. The highest BCUT2D eigenvalue weighted by Crippen LogP contribution is 2.29. The van der Waals surface area contributed by atoms with Gasteiger partial charge in [0.15, 0.2) is 5.58 Å². The van der Waals surface area contributed by atoms with Crippen molar-refractivity contribution in [3.05, 3.63) is 71.8 Å². The molecular formula is C24H23N3O5S2. The molecule has 0 saturated carbocycles. The molecule has 3 aromatic carbocycles. The molecule has 0 fully saturated rings. The number of thioether (sulfide) groups is 1. The second-order valence-electron chi connectivity index (χ2n) is 7.57. The molecule has 176 valence electrons. The number of aromatic nitrogens is 1. The van der Waals surface area contributed by atoms with Gasteiger partial charge in [-0.25, -0.2) is 13.4 Å². The molecule has 8 nitrogen and oxygen atoms in total. The van der Waals surface area contributed by atoms with E-state index in [0.29, 0.717) is 22.5 Å². The van der Waals surface area contributed by atoms with Crippen LogP contribution in [0.2, 0.25) is 0 Å². The number of sulfonamides is 1. The summed E-state index contributed by atoms with van der Waals surface area (Å²) in [5.41, 5.74) is 3.92. The van der Waals surface area contributed by atoms with Crippen LogP contribution in [-0.4, -0.2) is 32.2 Å². The predicted molar refractivity (Wildman–Crippen MR) is 133 cm³/mol. The van der Waals surface area contributed by atoms with Crippen LogP contribution in [0.15, 0.2) is 75.2 Å². The average molecular weight is 498 g/mol. The summed E-state index contributed by atoms with van der Waals surface area (Å²) in [6, 6.07) is 17.0. The van der Waals surface area contributed by atoms with E-state index in [-0.39, 0.29) is 21.8 Å². The van der Waals surface area contributed by atoms with Gasteiger partial charge < -0.3 is 14.5 Å². The summed E-state index contributed by atoms with van der Waals surface area (Å²) in [5.74, 6) is 0.317. The number of amides is 1. The average Bonchev–Trinajstić information content (AvgIpc) is 3.22. The summed E-state index contributed by atoms with van der Waals surface area (Å²) in [7, 11) is -2.41. The van der Waals surface area contributed by atoms with Crippen LogP contribution < -0.4 is 14.8 Å². The normalized spacial score (nSPS) is 11.4. The van der Waals surface area contributed by atoms with Gasteiger partial charge >= 0.3 is 0 Å². The standard InChI is InChI=1S/C24H23N3O5S2/c1-15-8-9-16(2)19(12-15)25-23(28)14-33-24-26-20-13-17(10-11-22(20)32-24)34(29,30)27-18-6-4-5-7-21(18)31-3/h4-13,27H,14H2,1-3H3,(H,25,28). The molecule has 0 saturated heterocycles. The number of oxazole rings is 1. The highest BCUT2D eigenvalue weighted by molar-refractivity contribution is 7.99. The number of para-hydroxylation sites is 2. The summed E-state index contributed by atoms with van der Waals surface area (Å²) < 4.78 is 39.2. The van der Waals surface area contributed by atoms with Gasteiger partial charge in [-0.3, -0.25) is 9.52 Å². The third-order valence-electron chi connectivity index (χ3n) is 4.99. The van der Waals surface area contributed by atoms with Gasteiger partial charge in [-0.15, -0.1) is 0 Å². The first-order valence-electron chi connectivity index (χ1n) is 10.3. The fourth-order valence-electron chi connectivity index (χ4n) is 3.23. The summed E-state index contributed by atoms with van der Waals surface area (Å²) in [5, 5.41) is 3.17. The van der Waals surface area contributed by atoms with Gasteiger partial charge in [0.2, 0.25) is 5.91 Å². The van der Waals surface area contributed by atoms with Crippen LogP contribution >= 0.6 is 11.8 Å². The van der Waals surface area contributed by atoms with Crippen molar-refractivity contribution in [2.24, 2.45) is 0 Å². The van der Waals surface area contributed by atoms with Crippen molar-refractivity contribution in [3.63, 3.8) is 0 Å². The number of hydrogen-bond acceptors (Lipinski definition) is 7. The highest BCUT2D eigenvalue weighted by Gasteiger charge is 2.19. The molecule has 34 heavy (non-hydrogen) atoms. The predicted octanol–water partition coefficient (Wildman–Crippen LogP) is 4.98. The van der Waals surface area contributed by atoms with Gasteiger partial charge in [0.1, 0.15) is 11.3 Å². The Balaban J connectivity index is 1.46. The minimum Gasteiger partial charge on any atom is -0.495 e. The smallest absolute Gasteiger partial charge is 0.262 e. The maximum atomic E-state index is 12.9. The van der Waals surface area contributed by atoms with E-state index in [1.54, 1.807) is 30.3 Å². The van der Waals surface area contributed by atoms with E-state index in [1.165, 1.54) is 19.2 Å². The number of nitrogens with zero attached hydrogens (tertiary/aromatic N) is 1. The molecule has 1 amide bonds. The molecule has 0 unspecified atom stereocenters. The third-order valence-corrected chi connectivity index (χ3v) is 7.19. The number of anilines is 2. The zero-order valence-electron chi connectivity index (χ0n) is 18.8. The summed E-state index contributed by atoms with van der Waals surface area (Å²) in [6.45, 7) is 3.89. The van der Waals surface area contributed by atoms with E-state index in [9.17, 15) is 13.2 Å². The number of benzene rings is 3. The van der Waals surface area contributed by atoms with E-state index >= 15 is 0 Å².